The van der Waals surface area contributed by atoms with Gasteiger partial charge in [-0.2, -0.15) is 0 Å². The van der Waals surface area contributed by atoms with Crippen LogP contribution in [0.2, 0.25) is 5.02 Å². The number of carbonyl (C=O) groups excluding carboxylic acids is 3. The largest absolute Gasteiger partial charge is 0.343 e. The minimum Gasteiger partial charge on any atom is -0.343 e. The smallest absolute Gasteiger partial charge is 0.253 e. The number of benzene rings is 2. The van der Waals surface area contributed by atoms with E-state index in [2.05, 4.69) is 16.0 Å². The van der Waals surface area contributed by atoms with Crippen LogP contribution in [0.1, 0.15) is 23.2 Å². The molecule has 0 spiro atoms. The molecule has 3 N–H and O–H groups in total. The standard InChI is InChI=1S/C19H18ClN3O3/c20-16-7-2-1-6-15(16)19(26)21-11-17(24)22-13-4-3-5-14(10-13)23-18(25)12-8-9-12/h1-7,10,12H,8-9,11H2,(H,21,26)(H,22,24)(H,23,25). The molecule has 1 aliphatic carbocycles. The molecule has 0 unspecified atom stereocenters. The van der Waals surface area contributed by atoms with Crippen LogP contribution in [0.4, 0.5) is 11.4 Å². The lowest BCUT2D eigenvalue weighted by molar-refractivity contribution is -0.117. The average Bonchev–Trinajstić information content (AvgIpc) is 3.45. The van der Waals surface area contributed by atoms with Crippen molar-refractivity contribution in [2.45, 2.75) is 12.8 Å². The third-order valence-electron chi connectivity index (χ3n) is 3.89. The van der Waals surface area contributed by atoms with E-state index in [4.69, 9.17) is 11.6 Å². The maximum absolute atomic E-state index is 12.0. The van der Waals surface area contributed by atoms with Crippen molar-refractivity contribution in [1.29, 1.82) is 0 Å². The van der Waals surface area contributed by atoms with Gasteiger partial charge in [-0.3, -0.25) is 14.4 Å². The van der Waals surface area contributed by atoms with Gasteiger partial charge in [-0.25, -0.2) is 0 Å². The summed E-state index contributed by atoms with van der Waals surface area (Å²) in [6, 6.07) is 13.5. The van der Waals surface area contributed by atoms with Crippen LogP contribution >= 0.6 is 11.6 Å². The summed E-state index contributed by atoms with van der Waals surface area (Å²) >= 11 is 5.95. The van der Waals surface area contributed by atoms with E-state index in [9.17, 15) is 14.4 Å². The quantitative estimate of drug-likeness (QED) is 0.729. The summed E-state index contributed by atoms with van der Waals surface area (Å²) in [7, 11) is 0. The van der Waals surface area contributed by atoms with Gasteiger partial charge in [-0.15, -0.1) is 0 Å². The molecule has 7 heteroatoms. The fourth-order valence-electron chi connectivity index (χ4n) is 2.37. The molecule has 1 aliphatic rings. The zero-order chi connectivity index (χ0) is 18.5. The zero-order valence-corrected chi connectivity index (χ0v) is 14.7. The van der Waals surface area contributed by atoms with Crippen molar-refractivity contribution in [2.24, 2.45) is 5.92 Å². The number of amides is 3. The molecule has 26 heavy (non-hydrogen) atoms. The van der Waals surface area contributed by atoms with Crippen LogP contribution in [0.5, 0.6) is 0 Å². The van der Waals surface area contributed by atoms with Crippen LogP contribution in [0.25, 0.3) is 0 Å². The van der Waals surface area contributed by atoms with Crippen LogP contribution in [-0.4, -0.2) is 24.3 Å². The second-order valence-corrected chi connectivity index (χ2v) is 6.46. The van der Waals surface area contributed by atoms with E-state index in [1.807, 2.05) is 0 Å². The molecule has 0 aliphatic heterocycles. The number of hydrogen-bond acceptors (Lipinski definition) is 3. The molecule has 0 atom stereocenters. The molecular weight excluding hydrogens is 354 g/mol. The molecule has 3 rings (SSSR count). The Bertz CT molecular complexity index is 849. The Morgan fingerprint density at radius 1 is 0.962 bits per heavy atom. The van der Waals surface area contributed by atoms with Crippen LogP contribution in [0, 0.1) is 5.92 Å². The number of rotatable bonds is 6. The van der Waals surface area contributed by atoms with E-state index in [1.54, 1.807) is 48.5 Å². The van der Waals surface area contributed by atoms with Crippen LogP contribution in [0.15, 0.2) is 48.5 Å². The molecule has 0 bridgehead atoms. The second kappa shape index (κ2) is 8.01. The summed E-state index contributed by atoms with van der Waals surface area (Å²) in [4.78, 5) is 35.9. The normalized spacial score (nSPS) is 13.0. The predicted molar refractivity (Wildman–Crippen MR) is 100 cm³/mol. The Hall–Kier alpha value is -2.86. The van der Waals surface area contributed by atoms with Gasteiger partial charge >= 0.3 is 0 Å². The Balaban J connectivity index is 1.52. The highest BCUT2D eigenvalue weighted by atomic mass is 35.5. The molecule has 6 nitrogen and oxygen atoms in total. The van der Waals surface area contributed by atoms with Gasteiger partial charge in [0.1, 0.15) is 0 Å². The summed E-state index contributed by atoms with van der Waals surface area (Å²) in [5.74, 6) is -0.693. The van der Waals surface area contributed by atoms with Crippen LogP contribution in [-0.2, 0) is 9.59 Å². The third kappa shape index (κ3) is 4.83. The molecule has 0 saturated heterocycles. The van der Waals surface area contributed by atoms with Gasteiger partial charge in [0.25, 0.3) is 5.91 Å². The first-order valence-corrected chi connectivity index (χ1v) is 8.64. The van der Waals surface area contributed by atoms with E-state index in [-0.39, 0.29) is 24.3 Å². The first-order valence-electron chi connectivity index (χ1n) is 8.26. The molecular formula is C19H18ClN3O3. The van der Waals surface area contributed by atoms with E-state index < -0.39 is 5.91 Å². The van der Waals surface area contributed by atoms with Crippen molar-refractivity contribution in [3.05, 3.63) is 59.1 Å². The number of anilines is 2. The van der Waals surface area contributed by atoms with E-state index in [0.717, 1.165) is 12.8 Å². The lowest BCUT2D eigenvalue weighted by Gasteiger charge is -2.10. The average molecular weight is 372 g/mol. The van der Waals surface area contributed by atoms with Gasteiger partial charge in [-0.05, 0) is 43.2 Å². The van der Waals surface area contributed by atoms with Gasteiger partial charge in [0.2, 0.25) is 11.8 Å². The Morgan fingerprint density at radius 2 is 1.65 bits per heavy atom. The Morgan fingerprint density at radius 3 is 2.35 bits per heavy atom. The van der Waals surface area contributed by atoms with Gasteiger partial charge in [0.15, 0.2) is 0 Å². The van der Waals surface area contributed by atoms with Crippen molar-refractivity contribution >= 4 is 40.7 Å². The van der Waals surface area contributed by atoms with E-state index >= 15 is 0 Å². The molecule has 2 aromatic carbocycles. The highest BCUT2D eigenvalue weighted by molar-refractivity contribution is 6.33. The molecule has 134 valence electrons. The maximum atomic E-state index is 12.0. The van der Waals surface area contributed by atoms with Crippen molar-refractivity contribution < 1.29 is 14.4 Å². The summed E-state index contributed by atoms with van der Waals surface area (Å²) in [5, 5.41) is 8.35. The summed E-state index contributed by atoms with van der Waals surface area (Å²) < 4.78 is 0. The lowest BCUT2D eigenvalue weighted by Crippen LogP contribution is -2.33. The van der Waals surface area contributed by atoms with Crippen molar-refractivity contribution in [3.63, 3.8) is 0 Å². The van der Waals surface area contributed by atoms with E-state index in [1.165, 1.54) is 0 Å². The molecule has 1 fully saturated rings. The number of hydrogen-bond donors (Lipinski definition) is 3. The highest BCUT2D eigenvalue weighted by Gasteiger charge is 2.29. The Labute approximate surface area is 155 Å². The summed E-state index contributed by atoms with van der Waals surface area (Å²) in [5.41, 5.74) is 1.47. The van der Waals surface area contributed by atoms with Crippen LogP contribution < -0.4 is 16.0 Å². The maximum Gasteiger partial charge on any atom is 0.253 e. The summed E-state index contributed by atoms with van der Waals surface area (Å²) in [6.45, 7) is -0.192. The van der Waals surface area contributed by atoms with E-state index in [0.29, 0.717) is 22.0 Å². The number of nitrogens with one attached hydrogen (secondary N) is 3. The van der Waals surface area contributed by atoms with Gasteiger partial charge in [0.05, 0.1) is 17.1 Å². The monoisotopic (exact) mass is 371 g/mol. The van der Waals surface area contributed by atoms with Crippen molar-refractivity contribution in [3.8, 4) is 0 Å². The molecule has 3 amide bonds. The van der Waals surface area contributed by atoms with Crippen LogP contribution in [0.3, 0.4) is 0 Å². The minimum atomic E-state index is -0.420. The summed E-state index contributed by atoms with van der Waals surface area (Å²) in [6.07, 6.45) is 1.85. The van der Waals surface area contributed by atoms with Crippen molar-refractivity contribution in [2.75, 3.05) is 17.2 Å². The molecule has 2 aromatic rings. The first-order chi connectivity index (χ1) is 12.5. The van der Waals surface area contributed by atoms with Gasteiger partial charge < -0.3 is 16.0 Å². The fraction of sp³-hybridized carbons (Fsp3) is 0.211. The van der Waals surface area contributed by atoms with Crippen molar-refractivity contribution in [1.82, 2.24) is 5.32 Å². The minimum absolute atomic E-state index is 0.000444. The van der Waals surface area contributed by atoms with Gasteiger partial charge in [-0.1, -0.05) is 29.8 Å². The van der Waals surface area contributed by atoms with Gasteiger partial charge in [0, 0.05) is 17.3 Å². The first kappa shape index (κ1) is 17.9. The molecule has 1 saturated carbocycles. The lowest BCUT2D eigenvalue weighted by atomic mass is 10.2. The SMILES string of the molecule is O=C(CNC(=O)c1ccccc1Cl)Nc1cccc(NC(=O)C2CC2)c1. The number of halogens is 1. The topological polar surface area (TPSA) is 87.3 Å². The highest BCUT2D eigenvalue weighted by Crippen LogP contribution is 2.30. The zero-order valence-electron chi connectivity index (χ0n) is 13.9. The molecule has 0 radical (unpaired) electrons. The molecule has 0 heterocycles. The third-order valence-corrected chi connectivity index (χ3v) is 4.22. The second-order valence-electron chi connectivity index (χ2n) is 6.06. The number of carbonyl (C=O) groups is 3. The Kier molecular flexibility index (Phi) is 5.53. The molecule has 0 aromatic heterocycles. The predicted octanol–water partition coefficient (Wildman–Crippen LogP) is 3.06. The fourth-order valence-corrected chi connectivity index (χ4v) is 2.59.